The molecule has 0 aromatic carbocycles. The summed E-state index contributed by atoms with van der Waals surface area (Å²) in [6.07, 6.45) is 13.7. The Morgan fingerprint density at radius 1 is 1.04 bits per heavy atom. The number of aromatic nitrogens is 3. The Hall–Kier alpha value is -2.21. The molecule has 0 saturated carbocycles. The van der Waals surface area contributed by atoms with Crippen LogP contribution in [0.5, 0.6) is 0 Å². The van der Waals surface area contributed by atoms with Gasteiger partial charge < -0.3 is 4.90 Å². The fraction of sp³-hybridized carbons (Fsp3) is 0.571. The first-order valence-corrected chi connectivity index (χ1v) is 10.3. The Balaban J connectivity index is 1.53. The second-order valence-electron chi connectivity index (χ2n) is 7.72. The van der Waals surface area contributed by atoms with E-state index in [-0.39, 0.29) is 11.9 Å². The van der Waals surface area contributed by atoms with Crippen LogP contribution in [0.3, 0.4) is 0 Å². The molecular formula is C21H29N5O. The Bertz CT molecular complexity index is 736. The Morgan fingerprint density at radius 3 is 2.56 bits per heavy atom. The van der Waals surface area contributed by atoms with Crippen LogP contribution in [-0.4, -0.2) is 57.1 Å². The van der Waals surface area contributed by atoms with Gasteiger partial charge in [0.05, 0.1) is 24.5 Å². The van der Waals surface area contributed by atoms with Gasteiger partial charge in [-0.05, 0) is 62.9 Å². The predicted octanol–water partition coefficient (Wildman–Crippen LogP) is 3.40. The summed E-state index contributed by atoms with van der Waals surface area (Å²) in [4.78, 5) is 21.7. The van der Waals surface area contributed by atoms with Crippen LogP contribution in [-0.2, 0) is 4.79 Å². The van der Waals surface area contributed by atoms with Gasteiger partial charge in [-0.3, -0.25) is 19.8 Å². The number of carbonyl (C=O) groups excluding carboxylic acids is 1. The van der Waals surface area contributed by atoms with Gasteiger partial charge in [0.2, 0.25) is 5.91 Å². The molecule has 2 saturated heterocycles. The van der Waals surface area contributed by atoms with Crippen LogP contribution in [0.25, 0.3) is 11.1 Å². The molecule has 0 aliphatic carbocycles. The Kier molecular flexibility index (Phi) is 5.82. The minimum absolute atomic E-state index is 0.0869. The van der Waals surface area contributed by atoms with E-state index in [1.807, 2.05) is 18.3 Å². The summed E-state index contributed by atoms with van der Waals surface area (Å²) in [6, 6.07) is 4.09. The number of aromatic amines is 1. The molecule has 6 nitrogen and oxygen atoms in total. The third-order valence-corrected chi connectivity index (χ3v) is 5.87. The SMILES string of the molecule is O=C(CN1CCCCCC1)N1CCCC[C@H]1c1[nH]ncc1-c1ccncc1. The van der Waals surface area contributed by atoms with Gasteiger partial charge in [0, 0.05) is 24.5 Å². The maximum absolute atomic E-state index is 13.2. The van der Waals surface area contributed by atoms with Crippen LogP contribution in [0.1, 0.15) is 56.7 Å². The van der Waals surface area contributed by atoms with E-state index in [2.05, 4.69) is 25.0 Å². The molecule has 2 aromatic rings. The first-order chi connectivity index (χ1) is 13.3. The molecule has 144 valence electrons. The van der Waals surface area contributed by atoms with Crippen molar-refractivity contribution >= 4 is 5.91 Å². The number of nitrogens with one attached hydrogen (secondary N) is 1. The van der Waals surface area contributed by atoms with Crippen molar-refractivity contribution in [2.75, 3.05) is 26.2 Å². The second-order valence-corrected chi connectivity index (χ2v) is 7.72. The van der Waals surface area contributed by atoms with Crippen molar-refractivity contribution in [2.24, 2.45) is 0 Å². The molecule has 2 aliphatic rings. The number of nitrogens with zero attached hydrogens (tertiary/aromatic N) is 4. The van der Waals surface area contributed by atoms with Gasteiger partial charge in [-0.15, -0.1) is 0 Å². The maximum atomic E-state index is 13.2. The van der Waals surface area contributed by atoms with Crippen LogP contribution in [0.15, 0.2) is 30.7 Å². The number of piperidine rings is 1. The second kappa shape index (κ2) is 8.65. The van der Waals surface area contributed by atoms with Gasteiger partial charge in [-0.1, -0.05) is 12.8 Å². The molecule has 2 aliphatic heterocycles. The lowest BCUT2D eigenvalue weighted by Crippen LogP contribution is -2.44. The molecule has 4 rings (SSSR count). The molecule has 4 heterocycles. The largest absolute Gasteiger partial charge is 0.333 e. The molecule has 0 spiro atoms. The molecule has 2 fully saturated rings. The van der Waals surface area contributed by atoms with Crippen molar-refractivity contribution in [2.45, 2.75) is 51.0 Å². The topological polar surface area (TPSA) is 65.1 Å². The van der Waals surface area contributed by atoms with E-state index in [0.717, 1.165) is 55.7 Å². The summed E-state index contributed by atoms with van der Waals surface area (Å²) in [5.74, 6) is 0.261. The highest BCUT2D eigenvalue weighted by Crippen LogP contribution is 2.35. The van der Waals surface area contributed by atoms with Crippen LogP contribution < -0.4 is 0 Å². The molecule has 1 atom stereocenters. The summed E-state index contributed by atoms with van der Waals surface area (Å²) in [5, 5.41) is 7.50. The van der Waals surface area contributed by atoms with Gasteiger partial charge in [0.15, 0.2) is 0 Å². The van der Waals surface area contributed by atoms with Crippen molar-refractivity contribution < 1.29 is 4.79 Å². The highest BCUT2D eigenvalue weighted by Gasteiger charge is 2.31. The van der Waals surface area contributed by atoms with Crippen molar-refractivity contribution in [3.8, 4) is 11.1 Å². The zero-order valence-corrected chi connectivity index (χ0v) is 15.9. The van der Waals surface area contributed by atoms with Crippen molar-refractivity contribution in [1.29, 1.82) is 0 Å². The Labute approximate surface area is 161 Å². The van der Waals surface area contributed by atoms with Crippen LogP contribution in [0.2, 0.25) is 0 Å². The van der Waals surface area contributed by atoms with E-state index in [1.54, 1.807) is 12.4 Å². The molecule has 2 aromatic heterocycles. The molecule has 27 heavy (non-hydrogen) atoms. The van der Waals surface area contributed by atoms with Crippen molar-refractivity contribution in [1.82, 2.24) is 25.0 Å². The van der Waals surface area contributed by atoms with Gasteiger partial charge in [0.25, 0.3) is 0 Å². The average molecular weight is 367 g/mol. The van der Waals surface area contributed by atoms with E-state index in [1.165, 1.54) is 25.7 Å². The smallest absolute Gasteiger partial charge is 0.237 e. The van der Waals surface area contributed by atoms with E-state index >= 15 is 0 Å². The minimum atomic E-state index is 0.0869. The normalized spacial score (nSPS) is 21.8. The predicted molar refractivity (Wildman–Crippen MR) is 105 cm³/mol. The van der Waals surface area contributed by atoms with Gasteiger partial charge in [-0.2, -0.15) is 5.10 Å². The quantitative estimate of drug-likeness (QED) is 0.899. The molecule has 0 unspecified atom stereocenters. The number of hydrogen-bond acceptors (Lipinski definition) is 4. The van der Waals surface area contributed by atoms with Crippen molar-refractivity contribution in [3.63, 3.8) is 0 Å². The lowest BCUT2D eigenvalue weighted by atomic mass is 9.94. The number of carbonyl (C=O) groups is 1. The monoisotopic (exact) mass is 367 g/mol. The maximum Gasteiger partial charge on any atom is 0.237 e. The highest BCUT2D eigenvalue weighted by atomic mass is 16.2. The summed E-state index contributed by atoms with van der Waals surface area (Å²) in [7, 11) is 0. The molecular weight excluding hydrogens is 338 g/mol. The van der Waals surface area contributed by atoms with Gasteiger partial charge in [-0.25, -0.2) is 0 Å². The van der Waals surface area contributed by atoms with E-state index in [4.69, 9.17) is 0 Å². The minimum Gasteiger partial charge on any atom is -0.333 e. The molecule has 6 heteroatoms. The summed E-state index contributed by atoms with van der Waals surface area (Å²) in [6.45, 7) is 3.49. The van der Waals surface area contributed by atoms with Crippen molar-refractivity contribution in [3.05, 3.63) is 36.4 Å². The lowest BCUT2D eigenvalue weighted by Gasteiger charge is -2.37. The number of hydrogen-bond donors (Lipinski definition) is 1. The summed E-state index contributed by atoms with van der Waals surface area (Å²) >= 11 is 0. The first-order valence-electron chi connectivity index (χ1n) is 10.3. The van der Waals surface area contributed by atoms with Crippen LogP contribution in [0, 0.1) is 0 Å². The molecule has 1 amide bonds. The average Bonchev–Trinajstić information content (AvgIpc) is 3.07. The van der Waals surface area contributed by atoms with E-state index < -0.39 is 0 Å². The third-order valence-electron chi connectivity index (χ3n) is 5.87. The van der Waals surface area contributed by atoms with Crippen LogP contribution >= 0.6 is 0 Å². The van der Waals surface area contributed by atoms with Gasteiger partial charge in [0.1, 0.15) is 0 Å². The number of H-pyrrole nitrogens is 1. The number of likely N-dealkylation sites (tertiary alicyclic amines) is 2. The van der Waals surface area contributed by atoms with Gasteiger partial charge >= 0.3 is 0 Å². The summed E-state index contributed by atoms with van der Waals surface area (Å²) in [5.41, 5.74) is 3.24. The number of amides is 1. The molecule has 0 bridgehead atoms. The lowest BCUT2D eigenvalue weighted by molar-refractivity contribution is -0.136. The summed E-state index contributed by atoms with van der Waals surface area (Å²) < 4.78 is 0. The van der Waals surface area contributed by atoms with Crippen LogP contribution in [0.4, 0.5) is 0 Å². The van der Waals surface area contributed by atoms with E-state index in [0.29, 0.717) is 6.54 Å². The zero-order valence-electron chi connectivity index (χ0n) is 15.9. The molecule has 0 radical (unpaired) electrons. The number of pyridine rings is 1. The zero-order chi connectivity index (χ0) is 18.5. The standard InChI is InChI=1S/C21H29N5O/c27-20(16-25-12-4-1-2-5-13-25)26-14-6-3-7-19(26)21-18(15-23-24-21)17-8-10-22-11-9-17/h8-11,15,19H,1-7,12-14,16H2,(H,23,24)/t19-/m0/s1. The number of rotatable bonds is 4. The Morgan fingerprint density at radius 2 is 1.78 bits per heavy atom. The fourth-order valence-corrected chi connectivity index (χ4v) is 4.42. The first kappa shape index (κ1) is 18.2. The van der Waals surface area contributed by atoms with E-state index in [9.17, 15) is 4.79 Å². The molecule has 1 N–H and O–H groups in total. The third kappa shape index (κ3) is 4.21. The fourth-order valence-electron chi connectivity index (χ4n) is 4.42. The highest BCUT2D eigenvalue weighted by molar-refractivity contribution is 5.79.